The fraction of sp³-hybridized carbons (Fsp3) is 0.148. The van der Waals surface area contributed by atoms with Crippen LogP contribution >= 0.6 is 0 Å². The minimum atomic E-state index is -0.434. The molecule has 36 heavy (non-hydrogen) atoms. The summed E-state index contributed by atoms with van der Waals surface area (Å²) in [5.74, 6) is 0.739. The average Bonchev–Trinajstić information content (AvgIpc) is 3.34. The summed E-state index contributed by atoms with van der Waals surface area (Å²) in [6.45, 7) is 2.32. The number of aromatic nitrogens is 2. The topological polar surface area (TPSA) is 120 Å². The molecule has 0 radical (unpaired) electrons. The smallest absolute Gasteiger partial charge is 0.255 e. The van der Waals surface area contributed by atoms with Crippen molar-refractivity contribution in [3.05, 3.63) is 101 Å². The average molecular weight is 484 g/mol. The number of carbonyl (C=O) groups is 1. The molecule has 3 heterocycles. The quantitative estimate of drug-likeness (QED) is 0.260. The Kier molecular flexibility index (Phi) is 6.46. The molecular formula is C27H26FN7O. The summed E-state index contributed by atoms with van der Waals surface area (Å²) in [4.78, 5) is 24.8. The van der Waals surface area contributed by atoms with Crippen LogP contribution in [0.3, 0.4) is 0 Å². The second kappa shape index (κ2) is 10.0. The Hall–Kier alpha value is -4.50. The van der Waals surface area contributed by atoms with Crippen LogP contribution in [0, 0.1) is 5.82 Å². The Balaban J connectivity index is 1.30. The van der Waals surface area contributed by atoms with E-state index < -0.39 is 6.17 Å². The summed E-state index contributed by atoms with van der Waals surface area (Å²) in [5, 5.41) is 9.33. The molecule has 2 atom stereocenters. The van der Waals surface area contributed by atoms with Crippen molar-refractivity contribution in [2.75, 3.05) is 10.6 Å². The number of nitrogens with zero attached hydrogens (tertiary/aromatic N) is 2. The molecule has 0 saturated heterocycles. The van der Waals surface area contributed by atoms with Crippen molar-refractivity contribution >= 4 is 23.9 Å². The molecule has 0 saturated carbocycles. The Morgan fingerprint density at radius 1 is 1.17 bits per heavy atom. The maximum Gasteiger partial charge on any atom is 0.255 e. The number of pyridine rings is 1. The lowest BCUT2D eigenvalue weighted by molar-refractivity contribution is 0.0940. The van der Waals surface area contributed by atoms with E-state index in [0.29, 0.717) is 17.9 Å². The normalized spacial score (nSPS) is 15.0. The van der Waals surface area contributed by atoms with Crippen LogP contribution < -0.4 is 21.7 Å². The van der Waals surface area contributed by atoms with E-state index in [-0.39, 0.29) is 17.8 Å². The number of halogens is 1. The van der Waals surface area contributed by atoms with Crippen molar-refractivity contribution in [3.8, 4) is 11.1 Å². The molecule has 4 aromatic rings. The molecule has 9 heteroatoms. The molecule has 0 aliphatic carbocycles. The molecule has 5 rings (SSSR count). The van der Waals surface area contributed by atoms with E-state index in [1.165, 1.54) is 12.1 Å². The molecule has 1 aliphatic rings. The maximum absolute atomic E-state index is 13.2. The van der Waals surface area contributed by atoms with Gasteiger partial charge in [0.1, 0.15) is 23.6 Å². The molecule has 8 nitrogen and oxygen atoms in total. The highest BCUT2D eigenvalue weighted by Gasteiger charge is 2.21. The zero-order chi connectivity index (χ0) is 25.1. The number of aliphatic imine (C=N–C) groups is 1. The van der Waals surface area contributed by atoms with Gasteiger partial charge in [0.25, 0.3) is 5.91 Å². The summed E-state index contributed by atoms with van der Waals surface area (Å²) in [7, 11) is 0. The van der Waals surface area contributed by atoms with E-state index in [9.17, 15) is 9.18 Å². The van der Waals surface area contributed by atoms with Gasteiger partial charge in [-0.05, 0) is 53.9 Å². The highest BCUT2D eigenvalue weighted by atomic mass is 19.1. The lowest BCUT2D eigenvalue weighted by atomic mass is 10.00. The van der Waals surface area contributed by atoms with E-state index in [0.717, 1.165) is 33.6 Å². The lowest BCUT2D eigenvalue weighted by Crippen LogP contribution is -2.27. The number of hydrogen-bond donors (Lipinski definition) is 5. The zero-order valence-electron chi connectivity index (χ0n) is 19.6. The summed E-state index contributed by atoms with van der Waals surface area (Å²) in [5.41, 5.74) is 11.4. The highest BCUT2D eigenvalue weighted by molar-refractivity contribution is 5.98. The first-order valence-corrected chi connectivity index (χ1v) is 11.6. The van der Waals surface area contributed by atoms with Gasteiger partial charge >= 0.3 is 0 Å². The molecule has 2 aromatic carbocycles. The van der Waals surface area contributed by atoms with Gasteiger partial charge in [-0.1, -0.05) is 30.3 Å². The number of anilines is 2. The molecule has 1 aliphatic heterocycles. The van der Waals surface area contributed by atoms with E-state index in [1.807, 2.05) is 31.3 Å². The maximum atomic E-state index is 13.2. The first-order chi connectivity index (χ1) is 17.5. The Morgan fingerprint density at radius 3 is 2.83 bits per heavy atom. The van der Waals surface area contributed by atoms with Crippen LogP contribution in [0.2, 0.25) is 0 Å². The minimum absolute atomic E-state index is 0.267. The van der Waals surface area contributed by atoms with Crippen LogP contribution in [0.5, 0.6) is 0 Å². The second-order valence-corrected chi connectivity index (χ2v) is 8.56. The molecule has 1 unspecified atom stereocenters. The van der Waals surface area contributed by atoms with Crippen molar-refractivity contribution in [3.63, 3.8) is 0 Å². The number of fused-ring (bicyclic) bond motifs is 1. The van der Waals surface area contributed by atoms with Gasteiger partial charge < -0.3 is 26.7 Å². The summed E-state index contributed by atoms with van der Waals surface area (Å²) in [6, 6.07) is 17.3. The Morgan fingerprint density at radius 2 is 2.00 bits per heavy atom. The molecule has 0 bridgehead atoms. The van der Waals surface area contributed by atoms with Gasteiger partial charge in [0.15, 0.2) is 0 Å². The van der Waals surface area contributed by atoms with Gasteiger partial charge in [-0.3, -0.25) is 9.79 Å². The largest absolute Gasteiger partial charge is 0.365 e. The Bertz CT molecular complexity index is 1410. The van der Waals surface area contributed by atoms with Crippen LogP contribution in [0.25, 0.3) is 11.1 Å². The van der Waals surface area contributed by atoms with Gasteiger partial charge in [-0.25, -0.2) is 9.37 Å². The van der Waals surface area contributed by atoms with Crippen LogP contribution in [0.15, 0.2) is 78.0 Å². The van der Waals surface area contributed by atoms with Crippen LogP contribution in [-0.2, 0) is 6.54 Å². The number of hydrogen-bond acceptors (Lipinski definition) is 6. The van der Waals surface area contributed by atoms with Crippen molar-refractivity contribution < 1.29 is 9.18 Å². The van der Waals surface area contributed by atoms with E-state index in [1.54, 1.807) is 36.8 Å². The zero-order valence-corrected chi connectivity index (χ0v) is 19.6. The van der Waals surface area contributed by atoms with E-state index in [2.05, 4.69) is 37.0 Å². The molecule has 0 spiro atoms. The second-order valence-electron chi connectivity index (χ2n) is 8.56. The van der Waals surface area contributed by atoms with Gasteiger partial charge in [0, 0.05) is 30.1 Å². The number of nitrogens with one attached hydrogen (secondary N) is 4. The summed E-state index contributed by atoms with van der Waals surface area (Å²) >= 11 is 0. The van der Waals surface area contributed by atoms with E-state index in [4.69, 9.17) is 5.73 Å². The summed E-state index contributed by atoms with van der Waals surface area (Å²) in [6.07, 6.45) is 4.72. The first-order valence-electron chi connectivity index (χ1n) is 11.6. The van der Waals surface area contributed by atoms with Gasteiger partial charge in [-0.2, -0.15) is 0 Å². The van der Waals surface area contributed by atoms with Crippen molar-refractivity contribution in [2.24, 2.45) is 10.7 Å². The predicted molar refractivity (Wildman–Crippen MR) is 139 cm³/mol. The predicted octanol–water partition coefficient (Wildman–Crippen LogP) is 4.73. The van der Waals surface area contributed by atoms with Crippen molar-refractivity contribution in [1.82, 2.24) is 15.3 Å². The fourth-order valence-electron chi connectivity index (χ4n) is 4.23. The van der Waals surface area contributed by atoms with Crippen LogP contribution in [0.4, 0.5) is 16.0 Å². The SMILES string of the molecule is C[C@H](NC(=O)c1cccnc1NCc1cccc(-c2c[nH]c3c2C(N)N=CN3)c1)c1ccc(F)cc1. The number of amides is 1. The van der Waals surface area contributed by atoms with Crippen molar-refractivity contribution in [2.45, 2.75) is 25.7 Å². The number of carbonyl (C=O) groups excluding carboxylic acids is 1. The van der Waals surface area contributed by atoms with Crippen LogP contribution in [0.1, 0.15) is 46.2 Å². The molecule has 0 fully saturated rings. The minimum Gasteiger partial charge on any atom is -0.365 e. The third-order valence-electron chi connectivity index (χ3n) is 6.13. The number of rotatable bonds is 7. The standard InChI is InChI=1S/C27H26FN7O/c1-16(18-7-9-20(28)10-8-18)35-27(36)21-6-3-11-30-25(21)31-13-17-4-2-5-19(12-17)22-14-32-26-23(22)24(29)33-15-34-26/h2-12,14-16,24,32H,13,29H2,1H3,(H,30,31)(H,33,34)(H,35,36)/t16-,24?/m0/s1. The fourth-order valence-corrected chi connectivity index (χ4v) is 4.23. The number of benzene rings is 2. The molecule has 182 valence electrons. The first kappa shape index (κ1) is 23.3. The Labute approximate surface area is 207 Å². The molecule has 6 N–H and O–H groups in total. The molecular weight excluding hydrogens is 457 g/mol. The molecule has 1 amide bonds. The number of H-pyrrole nitrogens is 1. The third-order valence-corrected chi connectivity index (χ3v) is 6.13. The van der Waals surface area contributed by atoms with Gasteiger partial charge in [0.2, 0.25) is 0 Å². The van der Waals surface area contributed by atoms with Crippen molar-refractivity contribution in [1.29, 1.82) is 0 Å². The van der Waals surface area contributed by atoms with Gasteiger partial charge in [0.05, 0.1) is 17.9 Å². The van der Waals surface area contributed by atoms with Gasteiger partial charge in [-0.15, -0.1) is 0 Å². The number of nitrogens with two attached hydrogens (primary N) is 1. The van der Waals surface area contributed by atoms with Crippen LogP contribution in [-0.4, -0.2) is 22.2 Å². The third kappa shape index (κ3) is 4.82. The molecule has 2 aromatic heterocycles. The number of aromatic amines is 1. The van der Waals surface area contributed by atoms with E-state index >= 15 is 0 Å². The highest BCUT2D eigenvalue weighted by Crippen LogP contribution is 2.35. The lowest BCUT2D eigenvalue weighted by Gasteiger charge is -2.17. The monoisotopic (exact) mass is 483 g/mol. The summed E-state index contributed by atoms with van der Waals surface area (Å²) < 4.78 is 13.2.